The average molecular weight is 745 g/mol. The third-order valence-corrected chi connectivity index (χ3v) is 22.0. The Hall–Kier alpha value is -5.69. The van der Waals surface area contributed by atoms with E-state index in [0.29, 0.717) is 0 Å². The van der Waals surface area contributed by atoms with Gasteiger partial charge in [0.05, 0.1) is 27.5 Å². The fourth-order valence-electron chi connectivity index (χ4n) is 10.3. The molecule has 8 aromatic carbocycles. The van der Waals surface area contributed by atoms with E-state index in [9.17, 15) is 0 Å². The number of nitrogens with zero attached hydrogens (tertiary/aromatic N) is 2. The van der Waals surface area contributed by atoms with Crippen molar-refractivity contribution < 1.29 is 0 Å². The summed E-state index contributed by atoms with van der Waals surface area (Å²) in [6, 6.07) is 67.3. The van der Waals surface area contributed by atoms with Crippen LogP contribution >= 0.6 is 0 Å². The van der Waals surface area contributed by atoms with Crippen LogP contribution in [-0.4, -0.2) is 16.1 Å². The molecular weight excluding hydrogens is 697 g/mol. The quantitative estimate of drug-likeness (QED) is 0.143. The van der Waals surface area contributed by atoms with Crippen LogP contribution in [0.3, 0.4) is 0 Å². The first-order chi connectivity index (χ1) is 26.6. The molecule has 0 fully saturated rings. The van der Waals surface area contributed by atoms with Crippen LogP contribution < -0.4 is 9.80 Å². The van der Waals surface area contributed by atoms with Crippen molar-refractivity contribution >= 4 is 71.8 Å². The van der Waals surface area contributed by atoms with Gasteiger partial charge in [0.25, 0.3) is 0 Å². The topological polar surface area (TPSA) is 6.48 Å². The zero-order valence-corrected chi connectivity index (χ0v) is 34.7. The highest BCUT2D eigenvalue weighted by Crippen LogP contribution is 2.63. The maximum atomic E-state index is 2.63. The molecule has 0 aromatic heterocycles. The second kappa shape index (κ2) is 13.3. The second-order valence-electron chi connectivity index (χ2n) is 17.0. The molecule has 1 aliphatic rings. The highest BCUT2D eigenvalue weighted by Gasteiger charge is 2.60. The van der Waals surface area contributed by atoms with Crippen molar-refractivity contribution in [2.24, 2.45) is 0 Å². The lowest BCUT2D eigenvalue weighted by molar-refractivity contribution is 0.953. The molecule has 0 unspecified atom stereocenters. The summed E-state index contributed by atoms with van der Waals surface area (Å²) < 4.78 is -0.111. The van der Waals surface area contributed by atoms with Gasteiger partial charge < -0.3 is 9.80 Å². The first-order valence-electron chi connectivity index (χ1n) is 19.5. The monoisotopic (exact) mass is 744 g/mol. The van der Waals surface area contributed by atoms with Gasteiger partial charge >= 0.3 is 0 Å². The number of hydrogen-bond acceptors (Lipinski definition) is 2. The van der Waals surface area contributed by atoms with Crippen molar-refractivity contribution in [3.8, 4) is 11.1 Å². The standard InChI is InChI=1S/C51H48N2Si2/c1-54(2,3)51(55(4,5)6)45-35-47(52(37-23-11-7-12-24-37)38-25-13-8-14-26-38)41-31-19-21-33-43(41)49(45)50-44-34-22-20-32-42(44)48(36-46(50)51)53(39-27-15-9-16-28-39)40-29-17-10-18-30-40/h7-36H,1-6H3. The molecule has 0 amide bonds. The first-order valence-corrected chi connectivity index (χ1v) is 26.5. The number of benzene rings is 8. The average Bonchev–Trinajstić information content (AvgIpc) is 3.52. The molecular formula is C51H48N2Si2. The fraction of sp³-hybridized carbons (Fsp3) is 0.137. The maximum absolute atomic E-state index is 2.63. The minimum absolute atomic E-state index is 0.111. The normalized spacial score (nSPS) is 13.4. The van der Waals surface area contributed by atoms with E-state index in [1.165, 1.54) is 55.2 Å². The Morgan fingerprint density at radius 1 is 0.327 bits per heavy atom. The first kappa shape index (κ1) is 35.0. The Kier molecular flexibility index (Phi) is 8.45. The molecule has 8 aromatic rings. The van der Waals surface area contributed by atoms with Gasteiger partial charge in [0.2, 0.25) is 0 Å². The minimum atomic E-state index is -2.09. The summed E-state index contributed by atoms with van der Waals surface area (Å²) in [6.07, 6.45) is 0. The molecule has 0 radical (unpaired) electrons. The predicted molar refractivity (Wildman–Crippen MR) is 244 cm³/mol. The van der Waals surface area contributed by atoms with E-state index in [2.05, 4.69) is 231 Å². The molecule has 55 heavy (non-hydrogen) atoms. The van der Waals surface area contributed by atoms with E-state index >= 15 is 0 Å². The van der Waals surface area contributed by atoms with E-state index < -0.39 is 16.1 Å². The summed E-state index contributed by atoms with van der Waals surface area (Å²) in [4.78, 5) is 4.97. The summed E-state index contributed by atoms with van der Waals surface area (Å²) in [5, 5.41) is 5.19. The van der Waals surface area contributed by atoms with Crippen LogP contribution in [0.25, 0.3) is 32.7 Å². The lowest BCUT2D eigenvalue weighted by Crippen LogP contribution is -2.63. The Balaban J connectivity index is 1.46. The largest absolute Gasteiger partial charge is 0.310 e. The van der Waals surface area contributed by atoms with E-state index in [0.717, 1.165) is 22.7 Å². The van der Waals surface area contributed by atoms with Crippen molar-refractivity contribution in [1.29, 1.82) is 0 Å². The molecule has 0 spiro atoms. The van der Waals surface area contributed by atoms with Gasteiger partial charge in [-0.15, -0.1) is 0 Å². The van der Waals surface area contributed by atoms with Crippen LogP contribution in [0, 0.1) is 0 Å². The Bertz CT molecular complexity index is 2390. The second-order valence-corrected chi connectivity index (χ2v) is 28.0. The van der Waals surface area contributed by atoms with Gasteiger partial charge in [-0.3, -0.25) is 0 Å². The number of fused-ring (bicyclic) bond motifs is 7. The highest BCUT2D eigenvalue weighted by molar-refractivity contribution is 7.00. The van der Waals surface area contributed by atoms with E-state index in [-0.39, 0.29) is 4.66 Å². The number of para-hydroxylation sites is 4. The molecule has 2 nitrogen and oxygen atoms in total. The van der Waals surface area contributed by atoms with Gasteiger partial charge in [-0.25, -0.2) is 0 Å². The lowest BCUT2D eigenvalue weighted by Gasteiger charge is -2.51. The molecule has 0 saturated heterocycles. The summed E-state index contributed by atoms with van der Waals surface area (Å²) in [5.74, 6) is 0. The summed E-state index contributed by atoms with van der Waals surface area (Å²) in [7, 11) is -4.19. The summed E-state index contributed by atoms with van der Waals surface area (Å²) >= 11 is 0. The Labute approximate surface area is 328 Å². The van der Waals surface area contributed by atoms with Crippen molar-refractivity contribution in [3.05, 3.63) is 193 Å². The van der Waals surface area contributed by atoms with E-state index in [1.807, 2.05) is 0 Å². The summed E-state index contributed by atoms with van der Waals surface area (Å²) in [6.45, 7) is 15.8. The molecule has 270 valence electrons. The fourth-order valence-corrected chi connectivity index (χ4v) is 23.3. The van der Waals surface area contributed by atoms with Crippen LogP contribution in [0.2, 0.25) is 39.3 Å². The lowest BCUT2D eigenvalue weighted by atomic mass is 9.92. The van der Waals surface area contributed by atoms with Gasteiger partial charge in [-0.1, -0.05) is 161 Å². The van der Waals surface area contributed by atoms with Crippen molar-refractivity contribution in [1.82, 2.24) is 0 Å². The highest BCUT2D eigenvalue weighted by atomic mass is 28.4. The van der Waals surface area contributed by atoms with Crippen LogP contribution in [0.5, 0.6) is 0 Å². The number of hydrogen-bond donors (Lipinski definition) is 0. The smallest absolute Gasteiger partial charge is 0.0579 e. The predicted octanol–water partition coefficient (Wildman–Crippen LogP) is 15.0. The molecule has 9 rings (SSSR count). The van der Waals surface area contributed by atoms with Gasteiger partial charge in [-0.05, 0) is 93.7 Å². The van der Waals surface area contributed by atoms with Crippen molar-refractivity contribution in [2.45, 2.75) is 43.9 Å². The van der Waals surface area contributed by atoms with Crippen LogP contribution in [-0.2, 0) is 4.66 Å². The Morgan fingerprint density at radius 2 is 0.582 bits per heavy atom. The third kappa shape index (κ3) is 5.42. The molecule has 0 N–H and O–H groups in total. The molecule has 0 atom stereocenters. The Morgan fingerprint density at radius 3 is 0.855 bits per heavy atom. The number of anilines is 6. The molecule has 4 heteroatoms. The zero-order valence-electron chi connectivity index (χ0n) is 32.7. The molecule has 0 heterocycles. The third-order valence-electron chi connectivity index (χ3n) is 11.9. The number of rotatable bonds is 8. The molecule has 0 bridgehead atoms. The van der Waals surface area contributed by atoms with Gasteiger partial charge in [0.1, 0.15) is 0 Å². The zero-order chi connectivity index (χ0) is 38.0. The van der Waals surface area contributed by atoms with Gasteiger partial charge in [0.15, 0.2) is 0 Å². The van der Waals surface area contributed by atoms with Gasteiger partial charge in [0, 0.05) is 38.2 Å². The van der Waals surface area contributed by atoms with Crippen LogP contribution in [0.4, 0.5) is 34.1 Å². The summed E-state index contributed by atoms with van der Waals surface area (Å²) in [5.41, 5.74) is 13.0. The van der Waals surface area contributed by atoms with Crippen molar-refractivity contribution in [3.63, 3.8) is 0 Å². The minimum Gasteiger partial charge on any atom is -0.310 e. The van der Waals surface area contributed by atoms with Crippen molar-refractivity contribution in [2.75, 3.05) is 9.80 Å². The SMILES string of the molecule is C[Si](C)(C)C1([Si](C)(C)C)c2cc(N(c3ccccc3)c3ccccc3)c3ccccc3c2-c2c1cc(N(c1ccccc1)c1ccccc1)c1ccccc21. The van der Waals surface area contributed by atoms with E-state index in [1.54, 1.807) is 0 Å². The van der Waals surface area contributed by atoms with Crippen LogP contribution in [0.15, 0.2) is 182 Å². The van der Waals surface area contributed by atoms with Crippen LogP contribution in [0.1, 0.15) is 11.1 Å². The van der Waals surface area contributed by atoms with E-state index in [4.69, 9.17) is 0 Å². The van der Waals surface area contributed by atoms with Gasteiger partial charge in [-0.2, -0.15) is 0 Å². The maximum Gasteiger partial charge on any atom is 0.0579 e. The molecule has 0 aliphatic heterocycles. The molecule has 0 saturated carbocycles. The molecule has 1 aliphatic carbocycles.